The summed E-state index contributed by atoms with van der Waals surface area (Å²) < 4.78 is 5.73. The number of carboxylic acids is 1. The zero-order valence-corrected chi connectivity index (χ0v) is 12.3. The molecule has 1 heterocycles. The molecule has 0 amide bonds. The van der Waals surface area contributed by atoms with Crippen molar-refractivity contribution in [2.75, 3.05) is 24.6 Å². The molecule has 0 unspecified atom stereocenters. The van der Waals surface area contributed by atoms with Gasteiger partial charge in [0.2, 0.25) is 0 Å². The smallest absolute Gasteiger partial charge is 0.309 e. The van der Waals surface area contributed by atoms with Crippen molar-refractivity contribution in [2.45, 2.75) is 33.1 Å². The number of fused-ring (bicyclic) bond motifs is 1. The van der Waals surface area contributed by atoms with Gasteiger partial charge in [0.25, 0.3) is 0 Å². The van der Waals surface area contributed by atoms with Crippen molar-refractivity contribution in [3.05, 3.63) is 24.3 Å². The number of aliphatic carboxylic acids is 1. The van der Waals surface area contributed by atoms with Gasteiger partial charge in [0.15, 0.2) is 0 Å². The number of nitrogens with zero attached hydrogens (tertiary/aromatic N) is 1. The number of benzene rings is 1. The second-order valence-electron chi connectivity index (χ2n) is 5.95. The van der Waals surface area contributed by atoms with Crippen molar-refractivity contribution in [1.82, 2.24) is 0 Å². The van der Waals surface area contributed by atoms with E-state index in [0.717, 1.165) is 44.0 Å². The van der Waals surface area contributed by atoms with Crippen LogP contribution in [0.25, 0.3) is 0 Å². The van der Waals surface area contributed by atoms with E-state index in [4.69, 9.17) is 9.84 Å². The molecule has 20 heavy (non-hydrogen) atoms. The van der Waals surface area contributed by atoms with Gasteiger partial charge >= 0.3 is 5.97 Å². The summed E-state index contributed by atoms with van der Waals surface area (Å²) in [7, 11) is 0. The minimum atomic E-state index is -0.725. The van der Waals surface area contributed by atoms with Crippen molar-refractivity contribution in [2.24, 2.45) is 5.41 Å². The molecule has 4 heteroatoms. The van der Waals surface area contributed by atoms with Crippen molar-refractivity contribution < 1.29 is 14.6 Å². The Balaban J connectivity index is 1.98. The number of rotatable bonds is 5. The number of para-hydroxylation sites is 2. The lowest BCUT2D eigenvalue weighted by Gasteiger charge is -2.26. The first-order valence-corrected chi connectivity index (χ1v) is 7.21. The molecule has 0 aliphatic carbocycles. The molecule has 1 aliphatic heterocycles. The normalized spacial score (nSPS) is 15.2. The van der Waals surface area contributed by atoms with E-state index in [2.05, 4.69) is 11.0 Å². The molecule has 110 valence electrons. The summed E-state index contributed by atoms with van der Waals surface area (Å²) in [6, 6.07) is 8.06. The monoisotopic (exact) mass is 277 g/mol. The van der Waals surface area contributed by atoms with E-state index in [1.165, 1.54) is 0 Å². The third-order valence-electron chi connectivity index (χ3n) is 3.84. The Hall–Kier alpha value is -1.71. The summed E-state index contributed by atoms with van der Waals surface area (Å²) in [5, 5.41) is 9.15. The van der Waals surface area contributed by atoms with Crippen LogP contribution in [0.1, 0.15) is 33.1 Å². The van der Waals surface area contributed by atoms with Crippen LogP contribution in [0.5, 0.6) is 5.75 Å². The largest absolute Gasteiger partial charge is 0.491 e. The van der Waals surface area contributed by atoms with Crippen LogP contribution in [-0.4, -0.2) is 30.8 Å². The molecule has 1 aromatic rings. The van der Waals surface area contributed by atoms with Crippen molar-refractivity contribution in [1.29, 1.82) is 0 Å². The van der Waals surface area contributed by atoms with Gasteiger partial charge in [-0.15, -0.1) is 0 Å². The van der Waals surface area contributed by atoms with Crippen molar-refractivity contribution in [3.63, 3.8) is 0 Å². The standard InChI is InChI=1S/C16H23NO3/c1-16(2,15(18)19)9-5-10-17-11-6-12-20-14-8-4-3-7-13(14)17/h3-4,7-8H,5-6,9-12H2,1-2H3,(H,18,19). The fourth-order valence-corrected chi connectivity index (χ4v) is 2.45. The van der Waals surface area contributed by atoms with Gasteiger partial charge in [0.1, 0.15) is 5.75 Å². The Morgan fingerprint density at radius 3 is 2.90 bits per heavy atom. The second kappa shape index (κ2) is 6.16. The summed E-state index contributed by atoms with van der Waals surface area (Å²) in [6.07, 6.45) is 2.55. The minimum absolute atomic E-state index is 0.651. The molecule has 0 fully saturated rings. The number of hydrogen-bond donors (Lipinski definition) is 1. The summed E-state index contributed by atoms with van der Waals surface area (Å²) in [5.74, 6) is 0.208. The molecule has 1 aliphatic rings. The molecule has 1 N–H and O–H groups in total. The first kappa shape index (κ1) is 14.7. The maximum Gasteiger partial charge on any atom is 0.309 e. The maximum absolute atomic E-state index is 11.1. The van der Waals surface area contributed by atoms with Gasteiger partial charge in [0, 0.05) is 13.1 Å². The number of ether oxygens (including phenoxy) is 1. The predicted octanol–water partition coefficient (Wildman–Crippen LogP) is 3.17. The fourth-order valence-electron chi connectivity index (χ4n) is 2.45. The Labute approximate surface area is 120 Å². The highest BCUT2D eigenvalue weighted by molar-refractivity contribution is 5.73. The van der Waals surface area contributed by atoms with Crippen LogP contribution in [0.2, 0.25) is 0 Å². The van der Waals surface area contributed by atoms with Crippen LogP contribution in [0, 0.1) is 5.41 Å². The first-order chi connectivity index (χ1) is 9.50. The van der Waals surface area contributed by atoms with Gasteiger partial charge in [-0.1, -0.05) is 12.1 Å². The molecule has 0 saturated carbocycles. The van der Waals surface area contributed by atoms with E-state index in [9.17, 15) is 4.79 Å². The van der Waals surface area contributed by atoms with Crippen LogP contribution in [0.4, 0.5) is 5.69 Å². The fraction of sp³-hybridized carbons (Fsp3) is 0.562. The molecule has 0 radical (unpaired) electrons. The van der Waals surface area contributed by atoms with Gasteiger partial charge in [-0.2, -0.15) is 0 Å². The molecule has 2 rings (SSSR count). The summed E-state index contributed by atoms with van der Waals surface area (Å²) in [5.41, 5.74) is 0.472. The number of carboxylic acid groups (broad SMARTS) is 1. The quantitative estimate of drug-likeness (QED) is 0.898. The van der Waals surface area contributed by atoms with Crippen LogP contribution >= 0.6 is 0 Å². The highest BCUT2D eigenvalue weighted by Gasteiger charge is 2.26. The highest BCUT2D eigenvalue weighted by atomic mass is 16.5. The van der Waals surface area contributed by atoms with E-state index in [0.29, 0.717) is 6.42 Å². The Bertz CT molecular complexity index is 471. The topological polar surface area (TPSA) is 49.8 Å². The summed E-state index contributed by atoms with van der Waals surface area (Å²) in [6.45, 7) is 6.15. The average Bonchev–Trinajstić information content (AvgIpc) is 2.61. The SMILES string of the molecule is CC(C)(CCCN1CCCOc2ccccc21)C(=O)O. The van der Waals surface area contributed by atoms with E-state index >= 15 is 0 Å². The lowest BCUT2D eigenvalue weighted by atomic mass is 9.88. The summed E-state index contributed by atoms with van der Waals surface area (Å²) in [4.78, 5) is 13.4. The van der Waals surface area contributed by atoms with Crippen LogP contribution in [-0.2, 0) is 4.79 Å². The Morgan fingerprint density at radius 1 is 1.40 bits per heavy atom. The molecule has 0 spiro atoms. The first-order valence-electron chi connectivity index (χ1n) is 7.21. The third kappa shape index (κ3) is 3.44. The van der Waals surface area contributed by atoms with E-state index in [-0.39, 0.29) is 0 Å². The molecular formula is C16H23NO3. The van der Waals surface area contributed by atoms with Gasteiger partial charge < -0.3 is 14.7 Å². The predicted molar refractivity (Wildman–Crippen MR) is 79.4 cm³/mol. The number of anilines is 1. The van der Waals surface area contributed by atoms with Crippen molar-refractivity contribution in [3.8, 4) is 5.75 Å². The van der Waals surface area contributed by atoms with E-state index in [1.807, 2.05) is 18.2 Å². The Kier molecular flexibility index (Phi) is 4.53. The lowest BCUT2D eigenvalue weighted by molar-refractivity contribution is -0.147. The average molecular weight is 277 g/mol. The molecule has 0 aromatic heterocycles. The second-order valence-corrected chi connectivity index (χ2v) is 5.95. The third-order valence-corrected chi connectivity index (χ3v) is 3.84. The van der Waals surface area contributed by atoms with Crippen molar-refractivity contribution >= 4 is 11.7 Å². The molecule has 0 bridgehead atoms. The van der Waals surface area contributed by atoms with Gasteiger partial charge in [0.05, 0.1) is 17.7 Å². The highest BCUT2D eigenvalue weighted by Crippen LogP contribution is 2.31. The molecule has 4 nitrogen and oxygen atoms in total. The van der Waals surface area contributed by atoms with E-state index in [1.54, 1.807) is 13.8 Å². The lowest BCUT2D eigenvalue weighted by Crippen LogP contribution is -2.28. The maximum atomic E-state index is 11.1. The van der Waals surface area contributed by atoms with Gasteiger partial charge in [-0.3, -0.25) is 4.79 Å². The van der Waals surface area contributed by atoms with E-state index < -0.39 is 11.4 Å². The Morgan fingerprint density at radius 2 is 2.15 bits per heavy atom. The zero-order valence-electron chi connectivity index (χ0n) is 12.3. The number of hydrogen-bond acceptors (Lipinski definition) is 3. The minimum Gasteiger partial charge on any atom is -0.491 e. The van der Waals surface area contributed by atoms with Crippen LogP contribution in [0.15, 0.2) is 24.3 Å². The molecule has 0 saturated heterocycles. The van der Waals surface area contributed by atoms with Gasteiger partial charge in [-0.05, 0) is 45.2 Å². The van der Waals surface area contributed by atoms with Crippen LogP contribution in [0.3, 0.4) is 0 Å². The van der Waals surface area contributed by atoms with Gasteiger partial charge in [-0.25, -0.2) is 0 Å². The zero-order chi connectivity index (χ0) is 14.6. The van der Waals surface area contributed by atoms with Crippen LogP contribution < -0.4 is 9.64 Å². The molecule has 0 atom stereocenters. The molecule has 1 aromatic carbocycles. The molecular weight excluding hydrogens is 254 g/mol. The number of carbonyl (C=O) groups is 1. The summed E-state index contributed by atoms with van der Waals surface area (Å²) >= 11 is 0.